The number of likely N-dealkylation sites (N-methyl/N-ethyl adjacent to an activating group) is 1. The monoisotopic (exact) mass is 321 g/mol. The van der Waals surface area contributed by atoms with E-state index in [1.54, 1.807) is 19.2 Å². The van der Waals surface area contributed by atoms with Crippen molar-refractivity contribution < 1.29 is 9.13 Å². The molecule has 23 heavy (non-hydrogen) atoms. The number of ether oxygens (including phenoxy) is 1. The predicted octanol–water partition coefficient (Wildman–Crippen LogP) is 2.69. The van der Waals surface area contributed by atoms with Crippen LogP contribution in [0.5, 0.6) is 0 Å². The van der Waals surface area contributed by atoms with Gasteiger partial charge in [0, 0.05) is 33.8 Å². The van der Waals surface area contributed by atoms with Crippen LogP contribution in [0.15, 0.2) is 29.3 Å². The maximum absolute atomic E-state index is 13.1. The van der Waals surface area contributed by atoms with Crippen LogP contribution in [0.2, 0.25) is 0 Å². The first-order chi connectivity index (χ1) is 11.2. The molecule has 5 heteroatoms. The van der Waals surface area contributed by atoms with Gasteiger partial charge in [0.25, 0.3) is 0 Å². The van der Waals surface area contributed by atoms with Crippen LogP contribution in [0.25, 0.3) is 0 Å². The third-order valence-corrected chi connectivity index (χ3v) is 4.01. The number of hydrogen-bond donors (Lipinski definition) is 1. The molecule has 0 aliphatic heterocycles. The van der Waals surface area contributed by atoms with Gasteiger partial charge in [-0.05, 0) is 49.3 Å². The van der Waals surface area contributed by atoms with Gasteiger partial charge in [0.05, 0.1) is 6.61 Å². The first-order valence-corrected chi connectivity index (χ1v) is 8.43. The summed E-state index contributed by atoms with van der Waals surface area (Å²) in [6.07, 6.45) is 4.44. The third-order valence-electron chi connectivity index (χ3n) is 4.01. The van der Waals surface area contributed by atoms with E-state index < -0.39 is 0 Å². The number of nitrogens with one attached hydrogen (secondary N) is 1. The Morgan fingerprint density at radius 3 is 2.96 bits per heavy atom. The topological polar surface area (TPSA) is 36.9 Å². The van der Waals surface area contributed by atoms with Gasteiger partial charge in [0.1, 0.15) is 5.82 Å². The van der Waals surface area contributed by atoms with Crippen LogP contribution in [0.1, 0.15) is 24.8 Å². The van der Waals surface area contributed by atoms with Gasteiger partial charge < -0.3 is 15.0 Å². The minimum Gasteiger partial charge on any atom is -0.379 e. The lowest BCUT2D eigenvalue weighted by Gasteiger charge is -2.22. The van der Waals surface area contributed by atoms with Crippen molar-refractivity contribution in [1.82, 2.24) is 10.2 Å². The van der Waals surface area contributed by atoms with Gasteiger partial charge in [-0.25, -0.2) is 4.39 Å². The lowest BCUT2D eigenvalue weighted by molar-refractivity contribution is 0.115. The molecule has 0 atom stereocenters. The molecule has 4 nitrogen and oxygen atoms in total. The Bertz CT molecular complexity index is 503. The summed E-state index contributed by atoms with van der Waals surface area (Å²) < 4.78 is 18.8. The lowest BCUT2D eigenvalue weighted by atomic mass is 10.1. The number of rotatable bonds is 9. The fourth-order valence-corrected chi connectivity index (χ4v) is 2.41. The molecule has 0 bridgehead atoms. The summed E-state index contributed by atoms with van der Waals surface area (Å²) in [5.74, 6) is 1.51. The van der Waals surface area contributed by atoms with Crippen LogP contribution in [-0.4, -0.2) is 51.3 Å². The highest BCUT2D eigenvalue weighted by atomic mass is 19.1. The molecule has 0 saturated heterocycles. The zero-order chi connectivity index (χ0) is 16.5. The van der Waals surface area contributed by atoms with Crippen molar-refractivity contribution in [2.75, 3.05) is 40.4 Å². The number of hydrogen-bond acceptors (Lipinski definition) is 2. The van der Waals surface area contributed by atoms with E-state index in [1.807, 2.05) is 13.1 Å². The molecular formula is C18H28FN3O. The van der Waals surface area contributed by atoms with Crippen LogP contribution in [0, 0.1) is 11.7 Å². The van der Waals surface area contributed by atoms with Crippen LogP contribution < -0.4 is 5.32 Å². The molecule has 1 aromatic rings. The zero-order valence-corrected chi connectivity index (χ0v) is 14.2. The molecule has 0 radical (unpaired) electrons. The predicted molar refractivity (Wildman–Crippen MR) is 92.3 cm³/mol. The number of benzene rings is 1. The van der Waals surface area contributed by atoms with Gasteiger partial charge in [-0.1, -0.05) is 12.1 Å². The molecule has 1 fully saturated rings. The Hall–Kier alpha value is -1.62. The van der Waals surface area contributed by atoms with E-state index in [1.165, 1.54) is 18.9 Å². The van der Waals surface area contributed by atoms with Gasteiger partial charge in [-0.2, -0.15) is 0 Å². The number of aryl methyl sites for hydroxylation is 1. The molecule has 1 aliphatic rings. The van der Waals surface area contributed by atoms with E-state index in [0.29, 0.717) is 0 Å². The highest BCUT2D eigenvalue weighted by Crippen LogP contribution is 2.28. The number of guanidine groups is 1. The average molecular weight is 321 g/mol. The van der Waals surface area contributed by atoms with E-state index in [-0.39, 0.29) is 5.82 Å². The van der Waals surface area contributed by atoms with Crippen LogP contribution in [0.3, 0.4) is 0 Å². The largest absolute Gasteiger partial charge is 0.379 e. The highest BCUT2D eigenvalue weighted by Gasteiger charge is 2.21. The van der Waals surface area contributed by atoms with Crippen molar-refractivity contribution in [3.05, 3.63) is 35.6 Å². The highest BCUT2D eigenvalue weighted by molar-refractivity contribution is 5.79. The smallest absolute Gasteiger partial charge is 0.193 e. The number of halogens is 1. The first-order valence-electron chi connectivity index (χ1n) is 8.43. The molecule has 128 valence electrons. The molecule has 0 aromatic heterocycles. The molecule has 1 N–H and O–H groups in total. The molecule has 0 amide bonds. The zero-order valence-electron chi connectivity index (χ0n) is 14.2. The maximum atomic E-state index is 13.1. The molecule has 0 heterocycles. The molecule has 1 aliphatic carbocycles. The standard InChI is InChI=1S/C18H28FN3O/c1-20-18(22(2)11-12-23-14-16-8-9-16)21-10-4-6-15-5-3-7-17(19)13-15/h3,5,7,13,16H,4,6,8-12,14H2,1-2H3,(H,20,21). The minimum atomic E-state index is -0.169. The van der Waals surface area contributed by atoms with E-state index >= 15 is 0 Å². The summed E-state index contributed by atoms with van der Waals surface area (Å²) in [6, 6.07) is 6.79. The van der Waals surface area contributed by atoms with Crippen LogP contribution >= 0.6 is 0 Å². The Labute approximate surface area is 138 Å². The van der Waals surface area contributed by atoms with Crippen molar-refractivity contribution in [1.29, 1.82) is 0 Å². The molecule has 2 rings (SSSR count). The van der Waals surface area contributed by atoms with Crippen LogP contribution in [-0.2, 0) is 11.2 Å². The molecular weight excluding hydrogens is 293 g/mol. The fraction of sp³-hybridized carbons (Fsp3) is 0.611. The van der Waals surface area contributed by atoms with Crippen molar-refractivity contribution in [3.8, 4) is 0 Å². The Morgan fingerprint density at radius 2 is 2.26 bits per heavy atom. The summed E-state index contributed by atoms with van der Waals surface area (Å²) in [4.78, 5) is 6.37. The quantitative estimate of drug-likeness (QED) is 0.432. The van der Waals surface area contributed by atoms with E-state index in [4.69, 9.17) is 4.74 Å². The van der Waals surface area contributed by atoms with Crippen molar-refractivity contribution in [2.24, 2.45) is 10.9 Å². The summed E-state index contributed by atoms with van der Waals surface area (Å²) in [5.41, 5.74) is 1.03. The Balaban J connectivity index is 1.59. The van der Waals surface area contributed by atoms with Crippen LogP contribution in [0.4, 0.5) is 4.39 Å². The average Bonchev–Trinajstić information content (AvgIpc) is 3.36. The normalized spacial score (nSPS) is 14.8. The molecule has 0 spiro atoms. The Kier molecular flexibility index (Phi) is 7.33. The fourth-order valence-electron chi connectivity index (χ4n) is 2.41. The van der Waals surface area contributed by atoms with E-state index in [9.17, 15) is 4.39 Å². The second-order valence-electron chi connectivity index (χ2n) is 6.15. The van der Waals surface area contributed by atoms with Gasteiger partial charge in [0.15, 0.2) is 5.96 Å². The minimum absolute atomic E-state index is 0.169. The second-order valence-corrected chi connectivity index (χ2v) is 6.15. The summed E-state index contributed by atoms with van der Waals surface area (Å²) in [6.45, 7) is 3.28. The first kappa shape index (κ1) is 17.7. The number of nitrogens with zero attached hydrogens (tertiary/aromatic N) is 2. The third kappa shape index (κ3) is 6.99. The summed E-state index contributed by atoms with van der Waals surface area (Å²) in [5, 5.41) is 3.34. The van der Waals surface area contributed by atoms with Gasteiger partial charge in [-0.15, -0.1) is 0 Å². The van der Waals surface area contributed by atoms with Gasteiger partial charge in [0.2, 0.25) is 0 Å². The van der Waals surface area contributed by atoms with E-state index in [0.717, 1.165) is 56.6 Å². The maximum Gasteiger partial charge on any atom is 0.193 e. The molecule has 1 saturated carbocycles. The summed E-state index contributed by atoms with van der Waals surface area (Å²) >= 11 is 0. The van der Waals surface area contributed by atoms with Gasteiger partial charge >= 0.3 is 0 Å². The van der Waals surface area contributed by atoms with Crippen molar-refractivity contribution in [2.45, 2.75) is 25.7 Å². The van der Waals surface area contributed by atoms with Gasteiger partial charge in [-0.3, -0.25) is 4.99 Å². The summed E-state index contributed by atoms with van der Waals surface area (Å²) in [7, 11) is 3.80. The molecule has 0 unspecified atom stereocenters. The number of aliphatic imine (C=N–C) groups is 1. The molecule has 1 aromatic carbocycles. The van der Waals surface area contributed by atoms with Crippen molar-refractivity contribution in [3.63, 3.8) is 0 Å². The Morgan fingerprint density at radius 1 is 1.43 bits per heavy atom. The van der Waals surface area contributed by atoms with E-state index in [2.05, 4.69) is 15.2 Å². The second kappa shape index (κ2) is 9.50. The SMILES string of the molecule is CN=C(NCCCc1cccc(F)c1)N(C)CCOCC1CC1. The lowest BCUT2D eigenvalue weighted by Crippen LogP contribution is -2.41. The van der Waals surface area contributed by atoms with Crippen molar-refractivity contribution >= 4 is 5.96 Å².